The van der Waals surface area contributed by atoms with Gasteiger partial charge in [0.2, 0.25) is 0 Å². The predicted molar refractivity (Wildman–Crippen MR) is 87.1 cm³/mol. The van der Waals surface area contributed by atoms with Crippen LogP contribution in [-0.4, -0.2) is 43.8 Å². The van der Waals surface area contributed by atoms with E-state index in [4.69, 9.17) is 27.9 Å². The summed E-state index contributed by atoms with van der Waals surface area (Å²) in [5, 5.41) is 4.87. The van der Waals surface area contributed by atoms with Gasteiger partial charge in [-0.15, -0.1) is 0 Å². The molecule has 0 spiro atoms. The molecule has 0 saturated carbocycles. The molecule has 1 N–H and O–H groups in total. The second-order valence-corrected chi connectivity index (χ2v) is 6.96. The number of nitrogens with one attached hydrogen (secondary N) is 1. The number of rotatable bonds is 5. The maximum Gasteiger partial charge on any atom is 0.0622 e. The van der Waals surface area contributed by atoms with E-state index in [2.05, 4.69) is 10.2 Å². The van der Waals surface area contributed by atoms with Crippen molar-refractivity contribution in [1.29, 1.82) is 0 Å². The fraction of sp³-hybridized carbons (Fsp3) is 0.625. The Labute approximate surface area is 136 Å². The zero-order chi connectivity index (χ0) is 14.7. The number of halogens is 2. The topological polar surface area (TPSA) is 24.5 Å². The lowest BCUT2D eigenvalue weighted by Gasteiger charge is -2.30. The van der Waals surface area contributed by atoms with Crippen LogP contribution in [0.1, 0.15) is 18.4 Å². The molecular weight excluding hydrogens is 307 g/mol. The lowest BCUT2D eigenvalue weighted by molar-refractivity contribution is 0.126. The molecule has 2 heterocycles. The van der Waals surface area contributed by atoms with Crippen LogP contribution in [0.3, 0.4) is 0 Å². The summed E-state index contributed by atoms with van der Waals surface area (Å²) in [6.45, 7) is 5.99. The predicted octanol–water partition coefficient (Wildman–Crippen LogP) is 3.19. The summed E-state index contributed by atoms with van der Waals surface area (Å²) in [6.07, 6.45) is 2.38. The molecule has 0 bridgehead atoms. The van der Waals surface area contributed by atoms with Crippen molar-refractivity contribution >= 4 is 23.2 Å². The van der Waals surface area contributed by atoms with Crippen molar-refractivity contribution in [2.45, 2.75) is 25.4 Å². The average molecular weight is 329 g/mol. The van der Waals surface area contributed by atoms with Gasteiger partial charge in [-0.3, -0.25) is 4.90 Å². The number of ether oxygens (including phenoxy) is 1. The minimum atomic E-state index is 0.517. The molecule has 0 aliphatic carbocycles. The van der Waals surface area contributed by atoms with Crippen molar-refractivity contribution < 1.29 is 4.74 Å². The summed E-state index contributed by atoms with van der Waals surface area (Å²) >= 11 is 12.3. The van der Waals surface area contributed by atoms with Gasteiger partial charge >= 0.3 is 0 Å². The highest BCUT2D eigenvalue weighted by Gasteiger charge is 2.27. The van der Waals surface area contributed by atoms with E-state index < -0.39 is 0 Å². The van der Waals surface area contributed by atoms with Gasteiger partial charge in [0.15, 0.2) is 0 Å². The number of nitrogens with zero attached hydrogens (tertiary/aromatic N) is 1. The Morgan fingerprint density at radius 2 is 2.00 bits per heavy atom. The second-order valence-electron chi connectivity index (χ2n) is 6.08. The third-order valence-electron chi connectivity index (χ3n) is 4.39. The molecule has 5 heteroatoms. The Morgan fingerprint density at radius 3 is 2.62 bits per heavy atom. The Bertz CT molecular complexity index is 451. The number of benzene rings is 1. The standard InChI is InChI=1S/C16H22Cl2N2O/c17-14-5-13(6-15(18)7-14)10-20(16-2-4-21-11-16)9-12-1-3-19-8-12/h5-7,12,16,19H,1-4,8-11H2/t12-,16+/m0/s1. The van der Waals surface area contributed by atoms with Crippen LogP contribution in [0.25, 0.3) is 0 Å². The quantitative estimate of drug-likeness (QED) is 0.898. The molecule has 2 atom stereocenters. The Hall–Kier alpha value is -0.320. The third-order valence-corrected chi connectivity index (χ3v) is 4.82. The lowest BCUT2D eigenvalue weighted by atomic mass is 10.1. The van der Waals surface area contributed by atoms with E-state index >= 15 is 0 Å². The summed E-state index contributed by atoms with van der Waals surface area (Å²) in [6, 6.07) is 6.34. The third kappa shape index (κ3) is 4.33. The van der Waals surface area contributed by atoms with Crippen LogP contribution in [0, 0.1) is 5.92 Å². The van der Waals surface area contributed by atoms with Crippen molar-refractivity contribution in [3.8, 4) is 0 Å². The summed E-state index contributed by atoms with van der Waals surface area (Å²) in [7, 11) is 0. The molecule has 2 fully saturated rings. The van der Waals surface area contributed by atoms with E-state index in [-0.39, 0.29) is 0 Å². The summed E-state index contributed by atoms with van der Waals surface area (Å²) in [4.78, 5) is 2.55. The van der Waals surface area contributed by atoms with E-state index in [1.54, 1.807) is 6.07 Å². The van der Waals surface area contributed by atoms with Crippen LogP contribution < -0.4 is 5.32 Å². The molecule has 116 valence electrons. The van der Waals surface area contributed by atoms with Crippen LogP contribution in [-0.2, 0) is 11.3 Å². The first-order valence-electron chi connectivity index (χ1n) is 7.68. The first-order chi connectivity index (χ1) is 10.2. The van der Waals surface area contributed by atoms with E-state index in [1.165, 1.54) is 12.0 Å². The Morgan fingerprint density at radius 1 is 1.19 bits per heavy atom. The van der Waals surface area contributed by atoms with Gasteiger partial charge in [-0.1, -0.05) is 23.2 Å². The monoisotopic (exact) mass is 328 g/mol. The molecule has 0 unspecified atom stereocenters. The van der Waals surface area contributed by atoms with Gasteiger partial charge in [0.05, 0.1) is 6.61 Å². The van der Waals surface area contributed by atoms with Crippen molar-refractivity contribution in [1.82, 2.24) is 10.2 Å². The van der Waals surface area contributed by atoms with Crippen LogP contribution in [0.4, 0.5) is 0 Å². The molecule has 0 amide bonds. The summed E-state index contributed by atoms with van der Waals surface area (Å²) in [5.41, 5.74) is 1.19. The van der Waals surface area contributed by atoms with Gasteiger partial charge in [0, 0.05) is 35.8 Å². The van der Waals surface area contributed by atoms with Gasteiger partial charge in [-0.05, 0) is 55.6 Å². The largest absolute Gasteiger partial charge is 0.380 e. The first-order valence-corrected chi connectivity index (χ1v) is 8.44. The molecule has 3 nitrogen and oxygen atoms in total. The first kappa shape index (κ1) is 15.6. The second kappa shape index (κ2) is 7.30. The minimum absolute atomic E-state index is 0.517. The zero-order valence-corrected chi connectivity index (χ0v) is 13.7. The van der Waals surface area contributed by atoms with Gasteiger partial charge < -0.3 is 10.1 Å². The number of hydrogen-bond acceptors (Lipinski definition) is 3. The van der Waals surface area contributed by atoms with Gasteiger partial charge in [-0.2, -0.15) is 0 Å². The van der Waals surface area contributed by atoms with Crippen molar-refractivity contribution in [3.63, 3.8) is 0 Å². The van der Waals surface area contributed by atoms with E-state index in [0.717, 1.165) is 51.7 Å². The van der Waals surface area contributed by atoms with Crippen LogP contribution in [0.15, 0.2) is 18.2 Å². The Kier molecular flexibility index (Phi) is 5.41. The molecule has 2 aliphatic heterocycles. The van der Waals surface area contributed by atoms with Crippen LogP contribution in [0.2, 0.25) is 10.0 Å². The molecular formula is C16H22Cl2N2O. The van der Waals surface area contributed by atoms with Crippen molar-refractivity contribution in [3.05, 3.63) is 33.8 Å². The fourth-order valence-corrected chi connectivity index (χ4v) is 3.86. The van der Waals surface area contributed by atoms with E-state index in [9.17, 15) is 0 Å². The lowest BCUT2D eigenvalue weighted by Crippen LogP contribution is -2.39. The van der Waals surface area contributed by atoms with Crippen LogP contribution in [0.5, 0.6) is 0 Å². The zero-order valence-electron chi connectivity index (χ0n) is 12.2. The molecule has 21 heavy (non-hydrogen) atoms. The highest BCUT2D eigenvalue weighted by molar-refractivity contribution is 6.34. The molecule has 2 saturated heterocycles. The molecule has 0 aromatic heterocycles. The smallest absolute Gasteiger partial charge is 0.0622 e. The van der Waals surface area contributed by atoms with Crippen molar-refractivity contribution in [2.24, 2.45) is 5.92 Å². The normalized spacial score (nSPS) is 25.9. The van der Waals surface area contributed by atoms with Gasteiger partial charge in [0.25, 0.3) is 0 Å². The maximum atomic E-state index is 6.13. The fourth-order valence-electron chi connectivity index (χ4n) is 3.29. The molecule has 1 aromatic carbocycles. The van der Waals surface area contributed by atoms with Gasteiger partial charge in [-0.25, -0.2) is 0 Å². The summed E-state index contributed by atoms with van der Waals surface area (Å²) < 4.78 is 5.58. The SMILES string of the molecule is Clc1cc(Cl)cc(CN(C[C@H]2CCNC2)[C@@H]2CCOC2)c1. The molecule has 2 aliphatic rings. The highest BCUT2D eigenvalue weighted by atomic mass is 35.5. The van der Waals surface area contributed by atoms with Crippen LogP contribution >= 0.6 is 23.2 Å². The van der Waals surface area contributed by atoms with Gasteiger partial charge in [0.1, 0.15) is 0 Å². The highest BCUT2D eigenvalue weighted by Crippen LogP contribution is 2.24. The molecule has 3 rings (SSSR count). The molecule has 1 aromatic rings. The maximum absolute atomic E-state index is 6.13. The number of hydrogen-bond donors (Lipinski definition) is 1. The van der Waals surface area contributed by atoms with Crippen molar-refractivity contribution in [2.75, 3.05) is 32.8 Å². The minimum Gasteiger partial charge on any atom is -0.380 e. The van der Waals surface area contributed by atoms with E-state index in [1.807, 2.05) is 12.1 Å². The molecule has 0 radical (unpaired) electrons. The average Bonchev–Trinajstić information content (AvgIpc) is 3.10. The summed E-state index contributed by atoms with van der Waals surface area (Å²) in [5.74, 6) is 0.736. The van der Waals surface area contributed by atoms with E-state index in [0.29, 0.717) is 16.1 Å². The Balaban J connectivity index is 1.70.